The van der Waals surface area contributed by atoms with Gasteiger partial charge in [0.1, 0.15) is 5.82 Å². The molecule has 1 N–H and O–H groups in total. The molecule has 98 valence electrons. The van der Waals surface area contributed by atoms with Crippen LogP contribution in [0, 0.1) is 18.7 Å². The fourth-order valence-corrected chi connectivity index (χ4v) is 2.77. The lowest BCUT2D eigenvalue weighted by atomic mass is 10.1. The van der Waals surface area contributed by atoms with Crippen LogP contribution in [0.3, 0.4) is 0 Å². The van der Waals surface area contributed by atoms with Crippen molar-refractivity contribution in [1.82, 2.24) is 5.32 Å². The summed E-state index contributed by atoms with van der Waals surface area (Å²) in [5.41, 5.74) is 1.64. The van der Waals surface area contributed by atoms with E-state index in [1.807, 2.05) is 19.1 Å². The monoisotopic (exact) mass is 266 g/mol. The van der Waals surface area contributed by atoms with E-state index in [1.54, 1.807) is 24.8 Å². The van der Waals surface area contributed by atoms with Crippen LogP contribution >= 0.6 is 11.8 Å². The van der Waals surface area contributed by atoms with Gasteiger partial charge in [-0.15, -0.1) is 0 Å². The third-order valence-electron chi connectivity index (χ3n) is 3.09. The van der Waals surface area contributed by atoms with Crippen molar-refractivity contribution in [3.8, 4) is 0 Å². The SMILES string of the molecule is Cc1ccc(C(C)NC2=NCC(C)CS2)cc1F. The molecule has 0 spiro atoms. The smallest absolute Gasteiger partial charge is 0.157 e. The van der Waals surface area contributed by atoms with Gasteiger partial charge in [0.05, 0.1) is 6.04 Å². The van der Waals surface area contributed by atoms with Crippen molar-refractivity contribution in [2.75, 3.05) is 12.3 Å². The van der Waals surface area contributed by atoms with Gasteiger partial charge in [-0.05, 0) is 37.0 Å². The Balaban J connectivity index is 2.03. The van der Waals surface area contributed by atoms with Gasteiger partial charge in [-0.2, -0.15) is 0 Å². The summed E-state index contributed by atoms with van der Waals surface area (Å²) in [6, 6.07) is 5.47. The lowest BCUT2D eigenvalue weighted by molar-refractivity contribution is 0.609. The molecule has 1 aliphatic rings. The Morgan fingerprint density at radius 2 is 2.28 bits per heavy atom. The first-order chi connectivity index (χ1) is 8.56. The number of thioether (sulfide) groups is 1. The van der Waals surface area contributed by atoms with Crippen LogP contribution in [0.2, 0.25) is 0 Å². The third kappa shape index (κ3) is 3.25. The van der Waals surface area contributed by atoms with Gasteiger partial charge in [-0.3, -0.25) is 4.99 Å². The molecule has 4 heteroatoms. The predicted molar refractivity (Wildman–Crippen MR) is 76.6 cm³/mol. The molecule has 0 bridgehead atoms. The Bertz CT molecular complexity index is 459. The number of nitrogens with zero attached hydrogens (tertiary/aromatic N) is 1. The highest BCUT2D eigenvalue weighted by Gasteiger charge is 2.15. The van der Waals surface area contributed by atoms with E-state index in [-0.39, 0.29) is 11.9 Å². The van der Waals surface area contributed by atoms with E-state index in [1.165, 1.54) is 0 Å². The molecule has 0 amide bonds. The summed E-state index contributed by atoms with van der Waals surface area (Å²) in [7, 11) is 0. The van der Waals surface area contributed by atoms with Crippen molar-refractivity contribution in [2.45, 2.75) is 26.8 Å². The number of aryl methyl sites for hydroxylation is 1. The number of halogens is 1. The van der Waals surface area contributed by atoms with E-state index in [2.05, 4.69) is 17.2 Å². The average Bonchev–Trinajstić information content (AvgIpc) is 2.35. The van der Waals surface area contributed by atoms with Gasteiger partial charge >= 0.3 is 0 Å². The van der Waals surface area contributed by atoms with Crippen molar-refractivity contribution in [3.05, 3.63) is 35.1 Å². The standard InChI is InChI=1S/C14H19FN2S/c1-9-7-16-14(18-8-9)17-11(3)12-5-4-10(2)13(15)6-12/h4-6,9,11H,7-8H2,1-3H3,(H,16,17). The maximum absolute atomic E-state index is 13.5. The molecule has 0 saturated heterocycles. The Kier molecular flexibility index (Phi) is 4.27. The summed E-state index contributed by atoms with van der Waals surface area (Å²) in [6.45, 7) is 6.89. The van der Waals surface area contributed by atoms with Crippen LogP contribution in [-0.2, 0) is 0 Å². The van der Waals surface area contributed by atoms with Crippen molar-refractivity contribution in [1.29, 1.82) is 0 Å². The topological polar surface area (TPSA) is 24.4 Å². The number of hydrogen-bond acceptors (Lipinski definition) is 3. The number of aliphatic imine (C=N–C) groups is 1. The second-order valence-electron chi connectivity index (χ2n) is 4.94. The molecule has 0 radical (unpaired) electrons. The molecular formula is C14H19FN2S. The van der Waals surface area contributed by atoms with Crippen LogP contribution < -0.4 is 5.32 Å². The molecule has 1 aliphatic heterocycles. The van der Waals surface area contributed by atoms with Crippen LogP contribution in [-0.4, -0.2) is 17.5 Å². The minimum atomic E-state index is -0.145. The molecule has 0 aliphatic carbocycles. The molecule has 2 rings (SSSR count). The molecule has 18 heavy (non-hydrogen) atoms. The van der Waals surface area contributed by atoms with Crippen molar-refractivity contribution >= 4 is 16.9 Å². The van der Waals surface area contributed by atoms with Crippen LogP contribution in [0.15, 0.2) is 23.2 Å². The minimum Gasteiger partial charge on any atom is -0.358 e. The average molecular weight is 266 g/mol. The fourth-order valence-electron chi connectivity index (χ4n) is 1.79. The van der Waals surface area contributed by atoms with Gasteiger partial charge in [0, 0.05) is 12.3 Å². The third-order valence-corrected chi connectivity index (χ3v) is 4.34. The number of hydrogen-bond donors (Lipinski definition) is 1. The maximum atomic E-state index is 13.5. The van der Waals surface area contributed by atoms with E-state index < -0.39 is 0 Å². The number of benzene rings is 1. The van der Waals surface area contributed by atoms with Gasteiger partial charge in [0.15, 0.2) is 5.17 Å². The largest absolute Gasteiger partial charge is 0.358 e. The van der Waals surface area contributed by atoms with E-state index in [9.17, 15) is 4.39 Å². The highest BCUT2D eigenvalue weighted by atomic mass is 32.2. The molecular weight excluding hydrogens is 247 g/mol. The lowest BCUT2D eigenvalue weighted by Gasteiger charge is -2.22. The second-order valence-corrected chi connectivity index (χ2v) is 5.95. The summed E-state index contributed by atoms with van der Waals surface area (Å²) < 4.78 is 13.5. The number of rotatable bonds is 2. The van der Waals surface area contributed by atoms with Crippen molar-refractivity contribution in [2.24, 2.45) is 10.9 Å². The fraction of sp³-hybridized carbons (Fsp3) is 0.500. The van der Waals surface area contributed by atoms with Gasteiger partial charge in [0.25, 0.3) is 0 Å². The molecule has 2 nitrogen and oxygen atoms in total. The molecule has 1 heterocycles. The van der Waals surface area contributed by atoms with E-state index in [0.717, 1.165) is 23.0 Å². The van der Waals surface area contributed by atoms with Crippen molar-refractivity contribution < 1.29 is 4.39 Å². The molecule has 1 aromatic rings. The second kappa shape index (κ2) is 5.74. The Hall–Kier alpha value is -1.03. The Morgan fingerprint density at radius 1 is 1.50 bits per heavy atom. The van der Waals surface area contributed by atoms with Crippen LogP contribution in [0.25, 0.3) is 0 Å². The summed E-state index contributed by atoms with van der Waals surface area (Å²) in [4.78, 5) is 4.49. The van der Waals surface area contributed by atoms with Gasteiger partial charge < -0.3 is 5.32 Å². The highest BCUT2D eigenvalue weighted by Crippen LogP contribution is 2.20. The van der Waals surface area contributed by atoms with Crippen molar-refractivity contribution in [3.63, 3.8) is 0 Å². The number of amidine groups is 1. The lowest BCUT2D eigenvalue weighted by Crippen LogP contribution is -2.28. The first-order valence-electron chi connectivity index (χ1n) is 6.26. The molecule has 0 saturated carbocycles. The minimum absolute atomic E-state index is 0.0831. The first-order valence-corrected chi connectivity index (χ1v) is 7.24. The molecule has 1 aromatic carbocycles. The Labute approximate surface area is 112 Å². The van der Waals surface area contributed by atoms with Crippen LogP contribution in [0.5, 0.6) is 0 Å². The summed E-state index contributed by atoms with van der Waals surface area (Å²) in [5.74, 6) is 1.60. The van der Waals surface area contributed by atoms with Gasteiger partial charge in [0.2, 0.25) is 0 Å². The summed E-state index contributed by atoms with van der Waals surface area (Å²) in [6.07, 6.45) is 0. The number of nitrogens with one attached hydrogen (secondary N) is 1. The normalized spacial score (nSPS) is 21.3. The first kappa shape index (κ1) is 13.4. The molecule has 0 aromatic heterocycles. The van der Waals surface area contributed by atoms with E-state index >= 15 is 0 Å². The Morgan fingerprint density at radius 3 is 2.89 bits per heavy atom. The summed E-state index contributed by atoms with van der Waals surface area (Å²) in [5, 5.41) is 4.32. The molecule has 2 unspecified atom stereocenters. The zero-order valence-corrected chi connectivity index (χ0v) is 11.9. The zero-order chi connectivity index (χ0) is 13.1. The van der Waals surface area contributed by atoms with E-state index in [0.29, 0.717) is 11.5 Å². The summed E-state index contributed by atoms with van der Waals surface area (Å²) >= 11 is 1.75. The van der Waals surface area contributed by atoms with E-state index in [4.69, 9.17) is 0 Å². The quantitative estimate of drug-likeness (QED) is 0.885. The highest BCUT2D eigenvalue weighted by molar-refractivity contribution is 8.13. The van der Waals surface area contributed by atoms with Crippen LogP contribution in [0.1, 0.15) is 31.0 Å². The molecule has 0 fully saturated rings. The van der Waals surface area contributed by atoms with Crippen LogP contribution in [0.4, 0.5) is 4.39 Å². The van der Waals surface area contributed by atoms with Gasteiger partial charge in [-0.1, -0.05) is 30.8 Å². The van der Waals surface area contributed by atoms with Gasteiger partial charge in [-0.25, -0.2) is 4.39 Å². The zero-order valence-electron chi connectivity index (χ0n) is 11.0. The maximum Gasteiger partial charge on any atom is 0.157 e. The predicted octanol–water partition coefficient (Wildman–Crippen LogP) is 3.52. The molecule has 2 atom stereocenters.